The molecule has 0 aliphatic carbocycles. The van der Waals surface area contributed by atoms with Gasteiger partial charge in [-0.2, -0.15) is 0 Å². The van der Waals surface area contributed by atoms with Crippen LogP contribution >= 0.6 is 12.2 Å². The Morgan fingerprint density at radius 1 is 1.00 bits per heavy atom. The van der Waals surface area contributed by atoms with Crippen molar-refractivity contribution in [3.05, 3.63) is 59.7 Å². The second-order valence-electron chi connectivity index (χ2n) is 9.70. The molecule has 0 bridgehead atoms. The minimum absolute atomic E-state index is 0.0380. The van der Waals surface area contributed by atoms with Gasteiger partial charge in [-0.15, -0.1) is 0 Å². The smallest absolute Gasteiger partial charge is 0.338 e. The van der Waals surface area contributed by atoms with Crippen molar-refractivity contribution >= 4 is 46.5 Å². The number of likely N-dealkylation sites (N-methyl/N-ethyl adjacent to an activating group) is 1. The van der Waals surface area contributed by atoms with E-state index >= 15 is 0 Å². The summed E-state index contributed by atoms with van der Waals surface area (Å²) >= 11 is 5.79. The molecular formula is C28H35N5O4S. The summed E-state index contributed by atoms with van der Waals surface area (Å²) in [5, 5.41) is 3.27. The highest BCUT2D eigenvalue weighted by Crippen LogP contribution is 2.28. The van der Waals surface area contributed by atoms with Crippen LogP contribution in [0, 0.1) is 6.92 Å². The van der Waals surface area contributed by atoms with Crippen LogP contribution in [0.3, 0.4) is 0 Å². The fraction of sp³-hybridized carbons (Fsp3) is 0.429. The lowest BCUT2D eigenvalue weighted by atomic mass is 10.1. The highest BCUT2D eigenvalue weighted by molar-refractivity contribution is 7.80. The number of carbonyl (C=O) groups is 3. The summed E-state index contributed by atoms with van der Waals surface area (Å²) in [6.45, 7) is 9.26. The summed E-state index contributed by atoms with van der Waals surface area (Å²) in [5.41, 5.74) is 2.73. The number of nitrogens with zero attached hydrogens (tertiary/aromatic N) is 4. The van der Waals surface area contributed by atoms with Crippen molar-refractivity contribution < 1.29 is 19.1 Å². The van der Waals surface area contributed by atoms with E-state index in [0.717, 1.165) is 38.3 Å². The number of piperazine rings is 1. The second kappa shape index (κ2) is 12.5. The van der Waals surface area contributed by atoms with E-state index in [4.69, 9.17) is 17.0 Å². The standard InChI is InChI=1S/C28H35N5O4S/c1-4-37-27(36)21-7-9-22(10-8-21)29-25(34)19-24-26(35)33(23-11-5-20(2)6-12-23)28(38)32(24)18-17-31-15-13-30(3)14-16-31/h5-12,24H,4,13-19H2,1-3H3,(H,29,34)/t24-/m1/s1. The number of rotatable bonds is 9. The summed E-state index contributed by atoms with van der Waals surface area (Å²) in [5.74, 6) is -0.918. The van der Waals surface area contributed by atoms with Gasteiger partial charge in [0.1, 0.15) is 6.04 Å². The molecule has 0 spiro atoms. The number of thiocarbonyl (C=S) groups is 1. The average Bonchev–Trinajstić information content (AvgIpc) is 3.13. The molecule has 38 heavy (non-hydrogen) atoms. The summed E-state index contributed by atoms with van der Waals surface area (Å²) in [6, 6.07) is 13.5. The third-order valence-electron chi connectivity index (χ3n) is 6.92. The first-order valence-electron chi connectivity index (χ1n) is 13.0. The average molecular weight is 538 g/mol. The zero-order valence-electron chi connectivity index (χ0n) is 22.2. The Morgan fingerprint density at radius 3 is 2.29 bits per heavy atom. The lowest BCUT2D eigenvalue weighted by Crippen LogP contribution is -2.48. The Morgan fingerprint density at radius 2 is 1.66 bits per heavy atom. The Hall–Kier alpha value is -3.34. The molecule has 2 aliphatic heterocycles. The van der Waals surface area contributed by atoms with Crippen molar-refractivity contribution in [3.8, 4) is 0 Å². The van der Waals surface area contributed by atoms with Crippen LogP contribution in [0.5, 0.6) is 0 Å². The van der Waals surface area contributed by atoms with Gasteiger partial charge in [-0.1, -0.05) is 17.7 Å². The highest BCUT2D eigenvalue weighted by Gasteiger charge is 2.44. The van der Waals surface area contributed by atoms with E-state index in [0.29, 0.717) is 35.2 Å². The van der Waals surface area contributed by atoms with E-state index in [2.05, 4.69) is 22.2 Å². The van der Waals surface area contributed by atoms with Crippen molar-refractivity contribution in [2.45, 2.75) is 26.3 Å². The summed E-state index contributed by atoms with van der Waals surface area (Å²) in [4.78, 5) is 46.7. The van der Waals surface area contributed by atoms with Crippen LogP contribution in [0.4, 0.5) is 11.4 Å². The lowest BCUT2D eigenvalue weighted by Gasteiger charge is -2.34. The first-order valence-corrected chi connectivity index (χ1v) is 13.4. The molecule has 0 aromatic heterocycles. The number of anilines is 2. The molecular weight excluding hydrogens is 502 g/mol. The Bertz CT molecular complexity index is 1160. The number of nitrogens with one attached hydrogen (secondary N) is 1. The summed E-state index contributed by atoms with van der Waals surface area (Å²) in [6.07, 6.45) is -0.0380. The highest BCUT2D eigenvalue weighted by atomic mass is 32.1. The Kier molecular flexibility index (Phi) is 9.09. The predicted octanol–water partition coefficient (Wildman–Crippen LogP) is 2.75. The van der Waals surface area contributed by atoms with Gasteiger partial charge in [0.25, 0.3) is 5.91 Å². The van der Waals surface area contributed by atoms with Crippen molar-refractivity contribution in [2.75, 3.05) is 63.1 Å². The van der Waals surface area contributed by atoms with Gasteiger partial charge in [-0.05, 0) is 69.5 Å². The minimum Gasteiger partial charge on any atom is -0.462 e. The van der Waals surface area contributed by atoms with Crippen LogP contribution in [0.2, 0.25) is 0 Å². The first kappa shape index (κ1) is 27.7. The van der Waals surface area contributed by atoms with Gasteiger partial charge < -0.3 is 19.9 Å². The van der Waals surface area contributed by atoms with Crippen LogP contribution in [0.1, 0.15) is 29.3 Å². The maximum Gasteiger partial charge on any atom is 0.338 e. The molecule has 2 saturated heterocycles. The molecule has 2 aromatic rings. The van der Waals surface area contributed by atoms with E-state index in [1.807, 2.05) is 36.1 Å². The number of benzene rings is 2. The largest absolute Gasteiger partial charge is 0.462 e. The normalized spacial score (nSPS) is 18.7. The number of hydrogen-bond acceptors (Lipinski definition) is 7. The van der Waals surface area contributed by atoms with E-state index in [-0.39, 0.29) is 18.2 Å². The van der Waals surface area contributed by atoms with E-state index in [1.165, 1.54) is 0 Å². The van der Waals surface area contributed by atoms with Crippen LogP contribution in [-0.4, -0.2) is 96.6 Å². The molecule has 10 heteroatoms. The van der Waals surface area contributed by atoms with E-state index < -0.39 is 12.0 Å². The molecule has 2 amide bonds. The number of carbonyl (C=O) groups excluding carboxylic acids is 3. The topological polar surface area (TPSA) is 85.4 Å². The Labute approximate surface area is 229 Å². The molecule has 2 heterocycles. The maximum atomic E-state index is 13.6. The number of ether oxygens (including phenoxy) is 1. The van der Waals surface area contributed by atoms with Crippen LogP contribution < -0.4 is 10.2 Å². The molecule has 1 N–H and O–H groups in total. The number of aryl methyl sites for hydroxylation is 1. The number of hydrogen-bond donors (Lipinski definition) is 1. The molecule has 2 aromatic carbocycles. The van der Waals surface area contributed by atoms with Gasteiger partial charge in [0.15, 0.2) is 5.11 Å². The van der Waals surface area contributed by atoms with Crippen LogP contribution in [0.15, 0.2) is 48.5 Å². The third-order valence-corrected chi connectivity index (χ3v) is 7.34. The lowest BCUT2D eigenvalue weighted by molar-refractivity contribution is -0.124. The van der Waals surface area contributed by atoms with Crippen molar-refractivity contribution in [2.24, 2.45) is 0 Å². The van der Waals surface area contributed by atoms with Gasteiger partial charge in [0.05, 0.1) is 24.3 Å². The zero-order valence-corrected chi connectivity index (χ0v) is 23.0. The van der Waals surface area contributed by atoms with Gasteiger partial charge in [-0.25, -0.2) is 4.79 Å². The van der Waals surface area contributed by atoms with Gasteiger partial charge in [-0.3, -0.25) is 19.4 Å². The van der Waals surface area contributed by atoms with E-state index in [1.54, 1.807) is 36.1 Å². The Balaban J connectivity index is 1.47. The molecule has 4 rings (SSSR count). The SMILES string of the molecule is CCOC(=O)c1ccc(NC(=O)C[C@@H]2C(=O)N(c3ccc(C)cc3)C(=S)N2CCN2CCN(C)CC2)cc1. The quantitative estimate of drug-likeness (QED) is 0.386. The third kappa shape index (κ3) is 6.56. The molecule has 0 radical (unpaired) electrons. The minimum atomic E-state index is -0.699. The zero-order chi connectivity index (χ0) is 27.2. The maximum absolute atomic E-state index is 13.6. The summed E-state index contributed by atoms with van der Waals surface area (Å²) in [7, 11) is 2.12. The number of amides is 2. The summed E-state index contributed by atoms with van der Waals surface area (Å²) < 4.78 is 5.00. The molecule has 9 nitrogen and oxygen atoms in total. The van der Waals surface area contributed by atoms with Crippen molar-refractivity contribution in [3.63, 3.8) is 0 Å². The second-order valence-corrected chi connectivity index (χ2v) is 10.1. The molecule has 0 unspecified atom stereocenters. The van der Waals surface area contributed by atoms with Crippen molar-refractivity contribution in [1.29, 1.82) is 0 Å². The number of esters is 1. The monoisotopic (exact) mass is 537 g/mol. The molecule has 2 fully saturated rings. The molecule has 0 saturated carbocycles. The van der Waals surface area contributed by atoms with Gasteiger partial charge in [0.2, 0.25) is 5.91 Å². The molecule has 1 atom stereocenters. The van der Waals surface area contributed by atoms with Crippen molar-refractivity contribution in [1.82, 2.24) is 14.7 Å². The molecule has 2 aliphatic rings. The fourth-order valence-electron chi connectivity index (χ4n) is 4.63. The van der Waals surface area contributed by atoms with Gasteiger partial charge >= 0.3 is 5.97 Å². The fourth-order valence-corrected chi connectivity index (χ4v) is 5.05. The van der Waals surface area contributed by atoms with Crippen LogP contribution in [0.25, 0.3) is 0 Å². The van der Waals surface area contributed by atoms with Crippen LogP contribution in [-0.2, 0) is 14.3 Å². The van der Waals surface area contributed by atoms with Gasteiger partial charge in [0, 0.05) is 45.0 Å². The predicted molar refractivity (Wildman–Crippen MR) is 151 cm³/mol. The van der Waals surface area contributed by atoms with E-state index in [9.17, 15) is 14.4 Å². The molecule has 202 valence electrons. The first-order chi connectivity index (χ1) is 18.3.